The molecular formula is C14H15N3OS. The summed E-state index contributed by atoms with van der Waals surface area (Å²) in [4.78, 5) is 16.1. The molecule has 19 heavy (non-hydrogen) atoms. The molecule has 2 N–H and O–H groups in total. The molecule has 5 heteroatoms. The number of hydrogen-bond donors (Lipinski definition) is 2. The number of aromatic nitrogens is 1. The van der Waals surface area contributed by atoms with Crippen molar-refractivity contribution in [2.45, 2.75) is 24.8 Å². The quantitative estimate of drug-likeness (QED) is 0.901. The second-order valence-electron chi connectivity index (χ2n) is 4.72. The van der Waals surface area contributed by atoms with Crippen LogP contribution in [0.3, 0.4) is 0 Å². The maximum absolute atomic E-state index is 12.0. The van der Waals surface area contributed by atoms with Crippen molar-refractivity contribution in [2.75, 3.05) is 5.32 Å². The van der Waals surface area contributed by atoms with Gasteiger partial charge in [-0.15, -0.1) is 11.3 Å². The Bertz CT molecular complexity index is 549. The Labute approximate surface area is 115 Å². The molecule has 0 aliphatic heterocycles. The summed E-state index contributed by atoms with van der Waals surface area (Å²) in [6.45, 7) is 0. The molecule has 1 aliphatic rings. The summed E-state index contributed by atoms with van der Waals surface area (Å²) in [6, 6.07) is 9.97. The van der Waals surface area contributed by atoms with Crippen molar-refractivity contribution < 1.29 is 4.79 Å². The summed E-state index contributed by atoms with van der Waals surface area (Å²) in [7, 11) is 0. The Kier molecular flexibility index (Phi) is 3.21. The molecule has 0 unspecified atom stereocenters. The molecular weight excluding hydrogens is 258 g/mol. The lowest BCUT2D eigenvalue weighted by Crippen LogP contribution is -2.52. The third-order valence-electron chi connectivity index (χ3n) is 3.54. The van der Waals surface area contributed by atoms with E-state index in [0.717, 1.165) is 19.3 Å². The van der Waals surface area contributed by atoms with Crippen molar-refractivity contribution in [2.24, 2.45) is 0 Å². The summed E-state index contributed by atoms with van der Waals surface area (Å²) in [5.41, 5.74) is 0.971. The van der Waals surface area contributed by atoms with Gasteiger partial charge in [-0.05, 0) is 24.8 Å². The van der Waals surface area contributed by atoms with Crippen LogP contribution in [0.15, 0.2) is 41.9 Å². The van der Waals surface area contributed by atoms with Gasteiger partial charge < -0.3 is 5.32 Å². The van der Waals surface area contributed by atoms with Crippen molar-refractivity contribution in [3.05, 3.63) is 47.5 Å². The van der Waals surface area contributed by atoms with E-state index >= 15 is 0 Å². The molecule has 3 rings (SSSR count). The van der Waals surface area contributed by atoms with Gasteiger partial charge in [0.25, 0.3) is 0 Å². The molecule has 1 aromatic heterocycles. The fraction of sp³-hybridized carbons (Fsp3) is 0.286. The van der Waals surface area contributed by atoms with Crippen LogP contribution < -0.4 is 10.6 Å². The van der Waals surface area contributed by atoms with Crippen LogP contribution in [-0.2, 0) is 5.54 Å². The molecule has 1 saturated carbocycles. The molecule has 98 valence electrons. The van der Waals surface area contributed by atoms with Crippen LogP contribution in [0.25, 0.3) is 0 Å². The van der Waals surface area contributed by atoms with Crippen molar-refractivity contribution >= 4 is 22.5 Å². The van der Waals surface area contributed by atoms with Crippen LogP contribution in [-0.4, -0.2) is 11.0 Å². The highest BCUT2D eigenvalue weighted by Gasteiger charge is 2.39. The van der Waals surface area contributed by atoms with Gasteiger partial charge in [0.1, 0.15) is 0 Å². The predicted molar refractivity (Wildman–Crippen MR) is 76.2 cm³/mol. The first kappa shape index (κ1) is 12.2. The molecule has 4 nitrogen and oxygen atoms in total. The van der Waals surface area contributed by atoms with Crippen LogP contribution in [0.2, 0.25) is 0 Å². The van der Waals surface area contributed by atoms with Crippen molar-refractivity contribution in [3.8, 4) is 0 Å². The van der Waals surface area contributed by atoms with Crippen molar-refractivity contribution in [3.63, 3.8) is 0 Å². The number of thiazole rings is 1. The van der Waals surface area contributed by atoms with Gasteiger partial charge in [0.05, 0.1) is 5.54 Å². The minimum absolute atomic E-state index is 0.182. The zero-order valence-corrected chi connectivity index (χ0v) is 11.2. The first-order chi connectivity index (χ1) is 9.28. The van der Waals surface area contributed by atoms with E-state index in [-0.39, 0.29) is 11.6 Å². The highest BCUT2D eigenvalue weighted by atomic mass is 32.1. The van der Waals surface area contributed by atoms with Gasteiger partial charge in [-0.1, -0.05) is 30.3 Å². The lowest BCUT2D eigenvalue weighted by Gasteiger charge is -2.42. The summed E-state index contributed by atoms with van der Waals surface area (Å²) in [5.74, 6) is 0. The summed E-state index contributed by atoms with van der Waals surface area (Å²) < 4.78 is 0. The van der Waals surface area contributed by atoms with E-state index in [1.807, 2.05) is 23.6 Å². The zero-order chi connectivity index (χ0) is 13.1. The highest BCUT2D eigenvalue weighted by Crippen LogP contribution is 2.41. The molecule has 2 aromatic rings. The molecule has 0 atom stereocenters. The van der Waals surface area contributed by atoms with Gasteiger partial charge in [0, 0.05) is 11.6 Å². The van der Waals surface area contributed by atoms with Crippen LogP contribution in [0.5, 0.6) is 0 Å². The Balaban J connectivity index is 1.72. The number of benzene rings is 1. The van der Waals surface area contributed by atoms with Gasteiger partial charge in [0.2, 0.25) is 0 Å². The molecule has 1 aliphatic carbocycles. The van der Waals surface area contributed by atoms with Crippen LogP contribution >= 0.6 is 11.3 Å². The Morgan fingerprint density at radius 2 is 2.05 bits per heavy atom. The largest absolute Gasteiger partial charge is 0.328 e. The summed E-state index contributed by atoms with van der Waals surface area (Å²) in [5, 5.41) is 8.34. The predicted octanol–water partition coefficient (Wildman–Crippen LogP) is 3.34. The SMILES string of the molecule is O=C(Nc1nccs1)NC1(c2ccccc2)CCC1. The number of urea groups is 1. The Morgan fingerprint density at radius 1 is 1.26 bits per heavy atom. The van der Waals surface area contributed by atoms with Gasteiger partial charge in [-0.25, -0.2) is 9.78 Å². The van der Waals surface area contributed by atoms with E-state index in [0.29, 0.717) is 5.13 Å². The molecule has 0 bridgehead atoms. The second-order valence-corrected chi connectivity index (χ2v) is 5.61. The normalized spacial score (nSPS) is 16.4. The summed E-state index contributed by atoms with van der Waals surface area (Å²) >= 11 is 1.42. The average molecular weight is 273 g/mol. The smallest absolute Gasteiger partial charge is 0.321 e. The zero-order valence-electron chi connectivity index (χ0n) is 10.4. The maximum Gasteiger partial charge on any atom is 0.321 e. The lowest BCUT2D eigenvalue weighted by molar-refractivity contribution is 0.185. The molecule has 1 fully saturated rings. The number of rotatable bonds is 3. The van der Waals surface area contributed by atoms with Crippen LogP contribution in [0.1, 0.15) is 24.8 Å². The number of nitrogens with one attached hydrogen (secondary N) is 2. The fourth-order valence-electron chi connectivity index (χ4n) is 2.40. The highest BCUT2D eigenvalue weighted by molar-refractivity contribution is 7.13. The monoisotopic (exact) mass is 273 g/mol. The minimum atomic E-state index is -0.206. The second kappa shape index (κ2) is 5.01. The minimum Gasteiger partial charge on any atom is -0.328 e. The number of carbonyl (C=O) groups excluding carboxylic acids is 1. The Hall–Kier alpha value is -1.88. The van der Waals surface area contributed by atoms with E-state index < -0.39 is 0 Å². The number of anilines is 1. The first-order valence-electron chi connectivity index (χ1n) is 6.33. The first-order valence-corrected chi connectivity index (χ1v) is 7.21. The molecule has 1 aromatic carbocycles. The average Bonchev–Trinajstić information content (AvgIpc) is 2.88. The standard InChI is InChI=1S/C14H15N3OS/c18-12(16-13-15-9-10-19-13)17-14(7-4-8-14)11-5-2-1-3-6-11/h1-3,5-6,9-10H,4,7-8H2,(H2,15,16,17,18). The van der Waals surface area contributed by atoms with Crippen molar-refractivity contribution in [1.29, 1.82) is 0 Å². The lowest BCUT2D eigenvalue weighted by atomic mass is 9.72. The van der Waals surface area contributed by atoms with Crippen molar-refractivity contribution in [1.82, 2.24) is 10.3 Å². The van der Waals surface area contributed by atoms with Gasteiger partial charge >= 0.3 is 6.03 Å². The third kappa shape index (κ3) is 2.46. The molecule has 0 saturated heterocycles. The molecule has 1 heterocycles. The number of amides is 2. The van der Waals surface area contributed by atoms with E-state index in [9.17, 15) is 4.79 Å². The van der Waals surface area contributed by atoms with E-state index in [1.165, 1.54) is 16.9 Å². The molecule has 2 amide bonds. The van der Waals surface area contributed by atoms with Gasteiger partial charge in [-0.2, -0.15) is 0 Å². The third-order valence-corrected chi connectivity index (χ3v) is 4.23. The fourth-order valence-corrected chi connectivity index (χ4v) is 2.93. The number of nitrogens with zero attached hydrogens (tertiary/aromatic N) is 1. The van der Waals surface area contributed by atoms with Gasteiger partial charge in [0.15, 0.2) is 5.13 Å². The Morgan fingerprint density at radius 3 is 2.63 bits per heavy atom. The number of hydrogen-bond acceptors (Lipinski definition) is 3. The van der Waals surface area contributed by atoms with E-state index in [2.05, 4.69) is 27.8 Å². The van der Waals surface area contributed by atoms with Gasteiger partial charge in [-0.3, -0.25) is 5.32 Å². The molecule has 0 radical (unpaired) electrons. The number of carbonyl (C=O) groups is 1. The maximum atomic E-state index is 12.0. The van der Waals surface area contributed by atoms with E-state index in [1.54, 1.807) is 6.20 Å². The summed E-state index contributed by atoms with van der Waals surface area (Å²) in [6.07, 6.45) is 4.80. The van der Waals surface area contributed by atoms with Crippen LogP contribution in [0, 0.1) is 0 Å². The molecule has 0 spiro atoms. The topological polar surface area (TPSA) is 54.0 Å². The van der Waals surface area contributed by atoms with Crippen LogP contribution in [0.4, 0.5) is 9.93 Å². The van der Waals surface area contributed by atoms with E-state index in [4.69, 9.17) is 0 Å².